The van der Waals surface area contributed by atoms with Crippen molar-refractivity contribution >= 4 is 23.4 Å². The molecule has 1 atom stereocenters. The molecule has 4 nitrogen and oxygen atoms in total. The van der Waals surface area contributed by atoms with Gasteiger partial charge in [-0.2, -0.15) is 0 Å². The summed E-state index contributed by atoms with van der Waals surface area (Å²) in [5.41, 5.74) is 1.08. The smallest absolute Gasteiger partial charge is 0.241 e. The average Bonchev–Trinajstić information content (AvgIpc) is 3.01. The van der Waals surface area contributed by atoms with E-state index in [0.717, 1.165) is 37.5 Å². The van der Waals surface area contributed by atoms with E-state index in [2.05, 4.69) is 29.4 Å². The molecular weight excluding hydrogens is 270 g/mol. The maximum absolute atomic E-state index is 12.6. The number of nitrogens with one attached hydrogen (secondary N) is 1. The largest absolute Gasteiger partial charge is 0.315 e. The third-order valence-corrected chi connectivity index (χ3v) is 5.11. The van der Waals surface area contributed by atoms with Crippen molar-refractivity contribution < 1.29 is 4.79 Å². The van der Waals surface area contributed by atoms with E-state index in [1.807, 2.05) is 28.8 Å². The predicted octanol–water partition coefficient (Wildman–Crippen LogP) is 1.42. The molecule has 1 amide bonds. The Kier molecular flexibility index (Phi) is 4.29. The lowest BCUT2D eigenvalue weighted by Crippen LogP contribution is -2.45. The summed E-state index contributed by atoms with van der Waals surface area (Å²) in [4.78, 5) is 17.9. The zero-order valence-electron chi connectivity index (χ0n) is 11.8. The van der Waals surface area contributed by atoms with Crippen LogP contribution in [0.4, 0.5) is 5.69 Å². The molecule has 0 aliphatic carbocycles. The van der Waals surface area contributed by atoms with Crippen LogP contribution in [0.1, 0.15) is 6.42 Å². The Morgan fingerprint density at radius 3 is 3.15 bits per heavy atom. The normalized spacial score (nSPS) is 22.1. The van der Waals surface area contributed by atoms with Crippen LogP contribution in [0.5, 0.6) is 0 Å². The molecule has 1 fully saturated rings. The van der Waals surface area contributed by atoms with Gasteiger partial charge in [0.25, 0.3) is 0 Å². The average molecular weight is 291 g/mol. The van der Waals surface area contributed by atoms with Crippen molar-refractivity contribution in [3.05, 3.63) is 24.3 Å². The van der Waals surface area contributed by atoms with Gasteiger partial charge in [0, 0.05) is 29.8 Å². The SMILES string of the molecule is CN(CC(=O)N1CCSc2ccccc21)C1CCNC1. The number of likely N-dealkylation sites (N-methyl/N-ethyl adjacent to an activating group) is 1. The maximum Gasteiger partial charge on any atom is 0.241 e. The monoisotopic (exact) mass is 291 g/mol. The highest BCUT2D eigenvalue weighted by Gasteiger charge is 2.26. The summed E-state index contributed by atoms with van der Waals surface area (Å²) in [5.74, 6) is 1.20. The molecule has 108 valence electrons. The molecule has 1 N–H and O–H groups in total. The van der Waals surface area contributed by atoms with Crippen molar-refractivity contribution in [1.82, 2.24) is 10.2 Å². The molecule has 0 spiro atoms. The molecule has 1 aromatic carbocycles. The summed E-state index contributed by atoms with van der Waals surface area (Å²) in [6.07, 6.45) is 1.14. The molecule has 2 aliphatic rings. The Bertz CT molecular complexity index is 488. The first-order valence-corrected chi connectivity index (χ1v) is 8.17. The van der Waals surface area contributed by atoms with Crippen LogP contribution in [0.3, 0.4) is 0 Å². The molecule has 20 heavy (non-hydrogen) atoms. The Morgan fingerprint density at radius 2 is 2.35 bits per heavy atom. The second kappa shape index (κ2) is 6.16. The van der Waals surface area contributed by atoms with Gasteiger partial charge in [0.05, 0.1) is 12.2 Å². The highest BCUT2D eigenvalue weighted by molar-refractivity contribution is 7.99. The van der Waals surface area contributed by atoms with Gasteiger partial charge in [0.1, 0.15) is 0 Å². The van der Waals surface area contributed by atoms with Gasteiger partial charge < -0.3 is 10.2 Å². The Balaban J connectivity index is 1.68. The number of amides is 1. The van der Waals surface area contributed by atoms with Crippen LogP contribution in [0.15, 0.2) is 29.2 Å². The maximum atomic E-state index is 12.6. The molecule has 0 bridgehead atoms. The first-order valence-electron chi connectivity index (χ1n) is 7.19. The van der Waals surface area contributed by atoms with E-state index < -0.39 is 0 Å². The van der Waals surface area contributed by atoms with Crippen LogP contribution < -0.4 is 10.2 Å². The van der Waals surface area contributed by atoms with Gasteiger partial charge >= 0.3 is 0 Å². The Hall–Kier alpha value is -1.04. The van der Waals surface area contributed by atoms with Gasteiger partial charge in [0.2, 0.25) is 5.91 Å². The fourth-order valence-electron chi connectivity index (χ4n) is 2.87. The van der Waals surface area contributed by atoms with E-state index in [1.165, 1.54) is 4.90 Å². The molecule has 2 aliphatic heterocycles. The minimum Gasteiger partial charge on any atom is -0.315 e. The number of carbonyl (C=O) groups excluding carboxylic acids is 1. The Morgan fingerprint density at radius 1 is 1.50 bits per heavy atom. The summed E-state index contributed by atoms with van der Waals surface area (Å²) in [5, 5.41) is 3.35. The third kappa shape index (κ3) is 2.85. The van der Waals surface area contributed by atoms with Crippen molar-refractivity contribution in [3.63, 3.8) is 0 Å². The van der Waals surface area contributed by atoms with Gasteiger partial charge in [-0.05, 0) is 32.1 Å². The fraction of sp³-hybridized carbons (Fsp3) is 0.533. The van der Waals surface area contributed by atoms with Crippen molar-refractivity contribution in [2.45, 2.75) is 17.4 Å². The van der Waals surface area contributed by atoms with Crippen LogP contribution >= 0.6 is 11.8 Å². The van der Waals surface area contributed by atoms with Gasteiger partial charge in [-0.1, -0.05) is 12.1 Å². The summed E-state index contributed by atoms with van der Waals surface area (Å²) in [7, 11) is 2.06. The highest BCUT2D eigenvalue weighted by atomic mass is 32.2. The van der Waals surface area contributed by atoms with Crippen molar-refractivity contribution in [2.75, 3.05) is 43.9 Å². The number of fused-ring (bicyclic) bond motifs is 1. The summed E-state index contributed by atoms with van der Waals surface area (Å²) in [6.45, 7) is 3.38. The first-order chi connectivity index (χ1) is 9.75. The van der Waals surface area contributed by atoms with Crippen LogP contribution in [0.25, 0.3) is 0 Å². The van der Waals surface area contributed by atoms with E-state index in [1.54, 1.807) is 0 Å². The Labute approximate surface area is 124 Å². The van der Waals surface area contributed by atoms with Gasteiger partial charge in [-0.15, -0.1) is 11.8 Å². The van der Waals surface area contributed by atoms with Crippen LogP contribution in [-0.4, -0.2) is 55.8 Å². The topological polar surface area (TPSA) is 35.6 Å². The highest BCUT2D eigenvalue weighted by Crippen LogP contribution is 2.34. The molecule has 1 unspecified atom stereocenters. The first kappa shape index (κ1) is 13.9. The lowest BCUT2D eigenvalue weighted by molar-refractivity contribution is -0.119. The number of hydrogen-bond donors (Lipinski definition) is 1. The lowest BCUT2D eigenvalue weighted by atomic mass is 10.2. The lowest BCUT2D eigenvalue weighted by Gasteiger charge is -2.31. The number of rotatable bonds is 3. The zero-order chi connectivity index (χ0) is 13.9. The number of para-hydroxylation sites is 1. The standard InChI is InChI=1S/C15H21N3OS/c1-17(12-6-7-16-10-12)11-15(19)18-8-9-20-14-5-3-2-4-13(14)18/h2-5,12,16H,6-11H2,1H3. The number of carbonyl (C=O) groups is 1. The van der Waals surface area contributed by atoms with E-state index in [-0.39, 0.29) is 5.91 Å². The number of anilines is 1. The molecule has 3 rings (SSSR count). The second-order valence-corrected chi connectivity index (χ2v) is 6.56. The number of hydrogen-bond acceptors (Lipinski definition) is 4. The van der Waals surface area contributed by atoms with Crippen LogP contribution in [-0.2, 0) is 4.79 Å². The zero-order valence-corrected chi connectivity index (χ0v) is 12.7. The van der Waals surface area contributed by atoms with Crippen LogP contribution in [0, 0.1) is 0 Å². The van der Waals surface area contributed by atoms with E-state index in [0.29, 0.717) is 12.6 Å². The van der Waals surface area contributed by atoms with E-state index in [9.17, 15) is 4.79 Å². The van der Waals surface area contributed by atoms with Crippen molar-refractivity contribution in [2.24, 2.45) is 0 Å². The quantitative estimate of drug-likeness (QED) is 0.913. The van der Waals surface area contributed by atoms with E-state index in [4.69, 9.17) is 0 Å². The third-order valence-electron chi connectivity index (χ3n) is 4.07. The fourth-order valence-corrected chi connectivity index (χ4v) is 3.87. The molecule has 0 aromatic heterocycles. The van der Waals surface area contributed by atoms with Gasteiger partial charge in [-0.25, -0.2) is 0 Å². The molecule has 0 saturated carbocycles. The molecule has 5 heteroatoms. The van der Waals surface area contributed by atoms with Crippen molar-refractivity contribution in [1.29, 1.82) is 0 Å². The van der Waals surface area contributed by atoms with Crippen LogP contribution in [0.2, 0.25) is 0 Å². The molecule has 1 aromatic rings. The van der Waals surface area contributed by atoms with Crippen molar-refractivity contribution in [3.8, 4) is 0 Å². The number of thioether (sulfide) groups is 1. The molecule has 2 heterocycles. The van der Waals surface area contributed by atoms with Gasteiger partial charge in [0.15, 0.2) is 0 Å². The second-order valence-electron chi connectivity index (χ2n) is 5.42. The molecular formula is C15H21N3OS. The molecule has 1 saturated heterocycles. The summed E-state index contributed by atoms with van der Waals surface area (Å²) >= 11 is 1.84. The minimum absolute atomic E-state index is 0.215. The minimum atomic E-state index is 0.215. The molecule has 0 radical (unpaired) electrons. The summed E-state index contributed by atoms with van der Waals surface area (Å²) < 4.78 is 0. The van der Waals surface area contributed by atoms with E-state index >= 15 is 0 Å². The predicted molar refractivity (Wildman–Crippen MR) is 83.4 cm³/mol. The summed E-state index contributed by atoms with van der Waals surface area (Å²) in [6, 6.07) is 8.69. The number of benzene rings is 1. The van der Waals surface area contributed by atoms with Gasteiger partial charge in [-0.3, -0.25) is 9.69 Å². The number of nitrogens with zero attached hydrogens (tertiary/aromatic N) is 2.